The van der Waals surface area contributed by atoms with Gasteiger partial charge in [0.25, 0.3) is 0 Å². The molecular weight excluding hydrogens is 176 g/mol. The van der Waals surface area contributed by atoms with Crippen LogP contribution in [0.2, 0.25) is 0 Å². The molecule has 0 amide bonds. The van der Waals surface area contributed by atoms with E-state index >= 15 is 0 Å². The molecule has 0 bridgehead atoms. The lowest BCUT2D eigenvalue weighted by molar-refractivity contribution is -0.0981. The maximum Gasteiger partial charge on any atom is 0.0621 e. The van der Waals surface area contributed by atoms with Crippen molar-refractivity contribution in [3.63, 3.8) is 0 Å². The van der Waals surface area contributed by atoms with Crippen molar-refractivity contribution >= 4 is 0 Å². The second-order valence-corrected chi connectivity index (χ2v) is 5.11. The highest BCUT2D eigenvalue weighted by Gasteiger charge is 2.45. The summed E-state index contributed by atoms with van der Waals surface area (Å²) in [5, 5.41) is 20.3. The first-order valence-electron chi connectivity index (χ1n) is 6.12. The summed E-state index contributed by atoms with van der Waals surface area (Å²) in [6.07, 6.45) is 9.25. The van der Waals surface area contributed by atoms with Crippen LogP contribution in [0.3, 0.4) is 0 Å². The number of hydrogen-bond acceptors (Lipinski definition) is 2. The minimum atomic E-state index is -0.250. The van der Waals surface area contributed by atoms with E-state index in [2.05, 4.69) is 0 Å². The summed E-state index contributed by atoms with van der Waals surface area (Å²) in [6, 6.07) is 0. The Labute approximate surface area is 86.3 Å². The van der Waals surface area contributed by atoms with Gasteiger partial charge in [0.15, 0.2) is 0 Å². The smallest absolute Gasteiger partial charge is 0.0621 e. The zero-order chi connectivity index (χ0) is 10.0. The monoisotopic (exact) mass is 198 g/mol. The van der Waals surface area contributed by atoms with E-state index < -0.39 is 0 Å². The first-order valence-corrected chi connectivity index (χ1v) is 6.12. The van der Waals surface area contributed by atoms with Gasteiger partial charge in [-0.1, -0.05) is 32.1 Å². The van der Waals surface area contributed by atoms with Crippen LogP contribution in [0, 0.1) is 5.41 Å². The van der Waals surface area contributed by atoms with Crippen LogP contribution in [0.1, 0.15) is 57.8 Å². The molecule has 2 saturated carbocycles. The minimum absolute atomic E-state index is 0.130. The van der Waals surface area contributed by atoms with E-state index in [1.165, 1.54) is 19.3 Å². The lowest BCUT2D eigenvalue weighted by Gasteiger charge is -2.44. The van der Waals surface area contributed by atoms with E-state index in [0.29, 0.717) is 0 Å². The van der Waals surface area contributed by atoms with Gasteiger partial charge in [-0.25, -0.2) is 0 Å². The summed E-state index contributed by atoms with van der Waals surface area (Å²) in [6.45, 7) is 0. The van der Waals surface area contributed by atoms with Gasteiger partial charge < -0.3 is 10.2 Å². The van der Waals surface area contributed by atoms with Crippen LogP contribution in [0.4, 0.5) is 0 Å². The fourth-order valence-electron chi connectivity index (χ4n) is 3.35. The summed E-state index contributed by atoms with van der Waals surface area (Å²) in [7, 11) is 0. The molecule has 14 heavy (non-hydrogen) atoms. The van der Waals surface area contributed by atoms with Gasteiger partial charge >= 0.3 is 0 Å². The third-order valence-electron chi connectivity index (χ3n) is 4.32. The summed E-state index contributed by atoms with van der Waals surface area (Å²) < 4.78 is 0. The maximum absolute atomic E-state index is 10.2. The first kappa shape index (κ1) is 10.4. The normalized spacial score (nSPS) is 45.0. The van der Waals surface area contributed by atoms with Crippen molar-refractivity contribution in [2.75, 3.05) is 0 Å². The molecular formula is C12H22O2. The highest BCUT2D eigenvalue weighted by molar-refractivity contribution is 4.96. The molecule has 0 heterocycles. The number of aliphatic hydroxyl groups is 2. The van der Waals surface area contributed by atoms with Crippen LogP contribution < -0.4 is 0 Å². The van der Waals surface area contributed by atoms with Gasteiger partial charge in [0.05, 0.1) is 12.2 Å². The van der Waals surface area contributed by atoms with Crippen LogP contribution in [0.5, 0.6) is 0 Å². The SMILES string of the molecule is O[C@@H]1CCCCC[C@]12CCCC[C@@H]2O. The molecule has 0 aromatic rings. The lowest BCUT2D eigenvalue weighted by atomic mass is 9.65. The Morgan fingerprint density at radius 1 is 0.714 bits per heavy atom. The summed E-state index contributed by atoms with van der Waals surface area (Å²) in [4.78, 5) is 0. The number of hydrogen-bond donors (Lipinski definition) is 2. The molecule has 0 unspecified atom stereocenters. The van der Waals surface area contributed by atoms with Crippen LogP contribution in [-0.2, 0) is 0 Å². The largest absolute Gasteiger partial charge is 0.392 e. The maximum atomic E-state index is 10.2. The van der Waals surface area contributed by atoms with Crippen molar-refractivity contribution in [2.45, 2.75) is 70.0 Å². The molecule has 2 rings (SSSR count). The molecule has 2 N–H and O–H groups in total. The molecule has 0 aliphatic heterocycles. The predicted octanol–water partition coefficient (Wildman–Crippen LogP) is 2.23. The molecule has 2 aliphatic rings. The molecule has 0 aromatic heterocycles. The first-order chi connectivity index (χ1) is 6.76. The topological polar surface area (TPSA) is 40.5 Å². The van der Waals surface area contributed by atoms with Gasteiger partial charge in [-0.15, -0.1) is 0 Å². The van der Waals surface area contributed by atoms with Crippen molar-refractivity contribution in [3.8, 4) is 0 Å². The third-order valence-corrected chi connectivity index (χ3v) is 4.32. The Kier molecular flexibility index (Phi) is 3.13. The van der Waals surface area contributed by atoms with Gasteiger partial charge in [0, 0.05) is 5.41 Å². The van der Waals surface area contributed by atoms with Crippen LogP contribution >= 0.6 is 0 Å². The average Bonchev–Trinajstić information content (AvgIpc) is 2.36. The average molecular weight is 198 g/mol. The second-order valence-electron chi connectivity index (χ2n) is 5.11. The van der Waals surface area contributed by atoms with Crippen molar-refractivity contribution in [3.05, 3.63) is 0 Å². The molecule has 2 fully saturated rings. The second kappa shape index (κ2) is 4.19. The predicted molar refractivity (Wildman–Crippen MR) is 56.0 cm³/mol. The van der Waals surface area contributed by atoms with Gasteiger partial charge in [-0.2, -0.15) is 0 Å². The molecule has 2 heteroatoms. The summed E-state index contributed by atoms with van der Waals surface area (Å²) in [5.41, 5.74) is -0.130. The van der Waals surface area contributed by atoms with Crippen LogP contribution in [-0.4, -0.2) is 22.4 Å². The standard InChI is InChI=1S/C12H22O2/c13-10-6-2-1-4-8-12(10)9-5-3-7-11(12)14/h10-11,13-14H,1-9H2/t10-,11+,12+/m1/s1. The van der Waals surface area contributed by atoms with Crippen molar-refractivity contribution in [1.82, 2.24) is 0 Å². The van der Waals surface area contributed by atoms with E-state index in [4.69, 9.17) is 0 Å². The van der Waals surface area contributed by atoms with Crippen molar-refractivity contribution in [1.29, 1.82) is 0 Å². The molecule has 2 nitrogen and oxygen atoms in total. The lowest BCUT2D eigenvalue weighted by Crippen LogP contribution is -2.46. The fraction of sp³-hybridized carbons (Fsp3) is 1.00. The molecule has 0 saturated heterocycles. The Morgan fingerprint density at radius 2 is 1.21 bits per heavy atom. The Hall–Kier alpha value is -0.0800. The summed E-state index contributed by atoms with van der Waals surface area (Å²) in [5.74, 6) is 0. The zero-order valence-corrected chi connectivity index (χ0v) is 8.91. The number of rotatable bonds is 0. The zero-order valence-electron chi connectivity index (χ0n) is 8.91. The Morgan fingerprint density at radius 3 is 1.86 bits per heavy atom. The Balaban J connectivity index is 2.15. The highest BCUT2D eigenvalue weighted by atomic mass is 16.3. The van der Waals surface area contributed by atoms with E-state index in [1.807, 2.05) is 0 Å². The van der Waals surface area contributed by atoms with Gasteiger partial charge in [-0.3, -0.25) is 0 Å². The number of aliphatic hydroxyl groups excluding tert-OH is 2. The highest BCUT2D eigenvalue weighted by Crippen LogP contribution is 2.46. The molecule has 0 radical (unpaired) electrons. The van der Waals surface area contributed by atoms with E-state index in [-0.39, 0.29) is 17.6 Å². The van der Waals surface area contributed by atoms with E-state index in [1.54, 1.807) is 0 Å². The van der Waals surface area contributed by atoms with Crippen molar-refractivity contribution in [2.24, 2.45) is 5.41 Å². The van der Waals surface area contributed by atoms with Gasteiger partial charge in [0.1, 0.15) is 0 Å². The fourth-order valence-corrected chi connectivity index (χ4v) is 3.35. The molecule has 82 valence electrons. The van der Waals surface area contributed by atoms with E-state index in [0.717, 1.165) is 38.5 Å². The molecule has 1 spiro atoms. The summed E-state index contributed by atoms with van der Waals surface area (Å²) >= 11 is 0. The molecule has 3 atom stereocenters. The van der Waals surface area contributed by atoms with Crippen molar-refractivity contribution < 1.29 is 10.2 Å². The van der Waals surface area contributed by atoms with E-state index in [9.17, 15) is 10.2 Å². The molecule has 2 aliphatic carbocycles. The molecule has 0 aromatic carbocycles. The van der Waals surface area contributed by atoms with Crippen LogP contribution in [0.25, 0.3) is 0 Å². The minimum Gasteiger partial charge on any atom is -0.392 e. The quantitative estimate of drug-likeness (QED) is 0.626. The third kappa shape index (κ3) is 1.70. The van der Waals surface area contributed by atoms with Gasteiger partial charge in [0.2, 0.25) is 0 Å². The van der Waals surface area contributed by atoms with Gasteiger partial charge in [-0.05, 0) is 25.7 Å². The Bertz CT molecular complexity index is 193. The van der Waals surface area contributed by atoms with Crippen LogP contribution in [0.15, 0.2) is 0 Å².